The van der Waals surface area contributed by atoms with Crippen molar-refractivity contribution >= 4 is 22.7 Å². The Morgan fingerprint density at radius 2 is 1.82 bits per heavy atom. The highest BCUT2D eigenvalue weighted by Crippen LogP contribution is 2.33. The fourth-order valence-corrected chi connectivity index (χ4v) is 3.54. The largest absolute Gasteiger partial charge is 0.495 e. The van der Waals surface area contributed by atoms with Gasteiger partial charge < -0.3 is 19.2 Å². The Balaban J connectivity index is 1.63. The number of oxazole rings is 1. The van der Waals surface area contributed by atoms with E-state index >= 15 is 0 Å². The molecule has 6 nitrogen and oxygen atoms in total. The van der Waals surface area contributed by atoms with Crippen LogP contribution in [0.1, 0.15) is 49.5 Å². The van der Waals surface area contributed by atoms with Crippen molar-refractivity contribution in [3.63, 3.8) is 0 Å². The van der Waals surface area contributed by atoms with Crippen LogP contribution in [0.15, 0.2) is 65.1 Å². The van der Waals surface area contributed by atoms with E-state index < -0.39 is 0 Å². The van der Waals surface area contributed by atoms with Gasteiger partial charge in [-0.3, -0.25) is 4.79 Å². The van der Waals surface area contributed by atoms with E-state index in [4.69, 9.17) is 13.9 Å². The number of fused-ring (bicyclic) bond motifs is 1. The van der Waals surface area contributed by atoms with Crippen molar-refractivity contribution in [2.45, 2.75) is 39.7 Å². The molecule has 0 saturated heterocycles. The van der Waals surface area contributed by atoms with Crippen molar-refractivity contribution in [2.75, 3.05) is 12.4 Å². The third-order valence-corrected chi connectivity index (χ3v) is 5.24. The molecule has 33 heavy (non-hydrogen) atoms. The van der Waals surface area contributed by atoms with Gasteiger partial charge in [-0.15, -0.1) is 0 Å². The molecule has 4 rings (SSSR count). The zero-order chi connectivity index (χ0) is 23.5. The summed E-state index contributed by atoms with van der Waals surface area (Å²) in [5.74, 6) is 1.81. The van der Waals surface area contributed by atoms with Gasteiger partial charge in [0.05, 0.1) is 18.9 Å². The van der Waals surface area contributed by atoms with Gasteiger partial charge in [0, 0.05) is 11.1 Å². The summed E-state index contributed by atoms with van der Waals surface area (Å²) in [5, 5.41) is 2.94. The molecular formula is C27H28N2O4. The van der Waals surface area contributed by atoms with Gasteiger partial charge in [0.25, 0.3) is 5.91 Å². The highest BCUT2D eigenvalue weighted by molar-refractivity contribution is 6.05. The molecule has 1 amide bonds. The molecule has 0 aliphatic carbocycles. The lowest BCUT2D eigenvalue weighted by Gasteiger charge is -2.13. The highest BCUT2D eigenvalue weighted by atomic mass is 16.5. The number of rotatable bonds is 7. The summed E-state index contributed by atoms with van der Waals surface area (Å²) in [6.45, 7) is 8.17. The number of benzene rings is 3. The minimum atomic E-state index is -0.265. The van der Waals surface area contributed by atoms with E-state index in [1.54, 1.807) is 37.4 Å². The quantitative estimate of drug-likeness (QED) is 0.345. The Morgan fingerprint density at radius 1 is 1.00 bits per heavy atom. The fraction of sp³-hybridized carbons (Fsp3) is 0.259. The maximum absolute atomic E-state index is 12.9. The first kappa shape index (κ1) is 22.4. The molecule has 1 N–H and O–H groups in total. The molecule has 0 spiro atoms. The van der Waals surface area contributed by atoms with E-state index in [1.165, 1.54) is 5.56 Å². The predicted molar refractivity (Wildman–Crippen MR) is 130 cm³/mol. The van der Waals surface area contributed by atoms with Gasteiger partial charge in [-0.05, 0) is 73.9 Å². The average molecular weight is 445 g/mol. The molecular weight excluding hydrogens is 416 g/mol. The molecule has 0 bridgehead atoms. The van der Waals surface area contributed by atoms with Crippen molar-refractivity contribution in [1.82, 2.24) is 4.98 Å². The minimum absolute atomic E-state index is 0.0213. The van der Waals surface area contributed by atoms with Gasteiger partial charge in [0.2, 0.25) is 5.89 Å². The standard InChI is InChI=1S/C27H28N2O4/c1-16(2)18-9-12-25-23(14-18)29-27(33-25)20-10-11-24(31-5)22(15-20)28-26(30)19-7-6-8-21(13-19)32-17(3)4/h6-17H,1-5H3,(H,28,30). The molecule has 4 aromatic rings. The Bertz CT molecular complexity index is 1290. The van der Waals surface area contributed by atoms with Gasteiger partial charge in [0.1, 0.15) is 17.0 Å². The van der Waals surface area contributed by atoms with Crippen LogP contribution in [0.3, 0.4) is 0 Å². The summed E-state index contributed by atoms with van der Waals surface area (Å²) in [6.07, 6.45) is 0.0213. The van der Waals surface area contributed by atoms with Crippen LogP contribution in [0.4, 0.5) is 5.69 Å². The number of hydrogen-bond acceptors (Lipinski definition) is 5. The molecule has 0 aliphatic heterocycles. The molecule has 0 aliphatic rings. The van der Waals surface area contributed by atoms with Crippen molar-refractivity contribution in [2.24, 2.45) is 0 Å². The van der Waals surface area contributed by atoms with Crippen LogP contribution in [-0.2, 0) is 0 Å². The Labute approximate surface area is 193 Å². The van der Waals surface area contributed by atoms with Crippen LogP contribution in [-0.4, -0.2) is 24.1 Å². The third kappa shape index (κ3) is 5.00. The highest BCUT2D eigenvalue weighted by Gasteiger charge is 2.15. The maximum Gasteiger partial charge on any atom is 0.255 e. The number of nitrogens with one attached hydrogen (secondary N) is 1. The monoisotopic (exact) mass is 444 g/mol. The van der Waals surface area contributed by atoms with E-state index in [9.17, 15) is 4.79 Å². The third-order valence-electron chi connectivity index (χ3n) is 5.24. The second-order valence-corrected chi connectivity index (χ2v) is 8.46. The van der Waals surface area contributed by atoms with E-state index in [0.717, 1.165) is 16.7 Å². The molecule has 1 aromatic heterocycles. The fourth-order valence-electron chi connectivity index (χ4n) is 3.54. The zero-order valence-electron chi connectivity index (χ0n) is 19.5. The molecule has 170 valence electrons. The van der Waals surface area contributed by atoms with E-state index in [1.807, 2.05) is 38.1 Å². The number of amides is 1. The number of aromatic nitrogens is 1. The maximum atomic E-state index is 12.9. The van der Waals surface area contributed by atoms with Crippen molar-refractivity contribution in [1.29, 1.82) is 0 Å². The normalized spacial score (nSPS) is 11.2. The van der Waals surface area contributed by atoms with Crippen LogP contribution >= 0.6 is 0 Å². The summed E-state index contributed by atoms with van der Waals surface area (Å²) in [7, 11) is 1.56. The molecule has 3 aromatic carbocycles. The van der Waals surface area contributed by atoms with Crippen LogP contribution in [0.5, 0.6) is 11.5 Å². The lowest BCUT2D eigenvalue weighted by molar-refractivity contribution is 0.102. The summed E-state index contributed by atoms with van der Waals surface area (Å²) in [4.78, 5) is 17.6. The second-order valence-electron chi connectivity index (χ2n) is 8.46. The first-order chi connectivity index (χ1) is 15.8. The van der Waals surface area contributed by atoms with Crippen molar-refractivity contribution in [3.8, 4) is 23.0 Å². The first-order valence-electron chi connectivity index (χ1n) is 11.0. The Hall–Kier alpha value is -3.80. The number of hydrogen-bond donors (Lipinski definition) is 1. The topological polar surface area (TPSA) is 73.6 Å². The summed E-state index contributed by atoms with van der Waals surface area (Å²) in [5.41, 5.74) is 4.49. The Morgan fingerprint density at radius 3 is 2.55 bits per heavy atom. The minimum Gasteiger partial charge on any atom is -0.495 e. The van der Waals surface area contributed by atoms with Crippen LogP contribution in [0, 0.1) is 0 Å². The molecule has 1 heterocycles. The zero-order valence-corrected chi connectivity index (χ0v) is 19.5. The second kappa shape index (κ2) is 9.36. The summed E-state index contributed by atoms with van der Waals surface area (Å²) >= 11 is 0. The SMILES string of the molecule is COc1ccc(-c2nc3cc(C(C)C)ccc3o2)cc1NC(=O)c1cccc(OC(C)C)c1. The van der Waals surface area contributed by atoms with E-state index in [0.29, 0.717) is 34.6 Å². The van der Waals surface area contributed by atoms with Crippen molar-refractivity contribution in [3.05, 3.63) is 71.8 Å². The van der Waals surface area contributed by atoms with Gasteiger partial charge in [-0.2, -0.15) is 0 Å². The van der Waals surface area contributed by atoms with Crippen LogP contribution in [0.25, 0.3) is 22.6 Å². The van der Waals surface area contributed by atoms with Gasteiger partial charge >= 0.3 is 0 Å². The number of ether oxygens (including phenoxy) is 2. The molecule has 0 atom stereocenters. The van der Waals surface area contributed by atoms with Gasteiger partial charge in [-0.25, -0.2) is 4.98 Å². The average Bonchev–Trinajstić information content (AvgIpc) is 3.22. The molecule has 0 saturated carbocycles. The smallest absolute Gasteiger partial charge is 0.255 e. The molecule has 0 unspecified atom stereocenters. The number of nitrogens with zero attached hydrogens (tertiary/aromatic N) is 1. The summed E-state index contributed by atoms with van der Waals surface area (Å²) in [6, 6.07) is 18.6. The summed E-state index contributed by atoms with van der Waals surface area (Å²) < 4.78 is 17.1. The van der Waals surface area contributed by atoms with Gasteiger partial charge in [0.15, 0.2) is 5.58 Å². The Kier molecular flexibility index (Phi) is 6.36. The van der Waals surface area contributed by atoms with Gasteiger partial charge in [-0.1, -0.05) is 26.0 Å². The molecule has 0 radical (unpaired) electrons. The lowest BCUT2D eigenvalue weighted by atomic mass is 10.0. The predicted octanol–water partition coefficient (Wildman–Crippen LogP) is 6.67. The first-order valence-corrected chi connectivity index (χ1v) is 11.0. The molecule has 0 fully saturated rings. The van der Waals surface area contributed by atoms with Crippen molar-refractivity contribution < 1.29 is 18.7 Å². The lowest BCUT2D eigenvalue weighted by Crippen LogP contribution is -2.13. The van der Waals surface area contributed by atoms with E-state index in [2.05, 4.69) is 30.2 Å². The number of carbonyl (C=O) groups excluding carboxylic acids is 1. The van der Waals surface area contributed by atoms with Crippen LogP contribution < -0.4 is 14.8 Å². The number of methoxy groups -OCH3 is 1. The van der Waals surface area contributed by atoms with Crippen LogP contribution in [0.2, 0.25) is 0 Å². The molecule has 6 heteroatoms. The van der Waals surface area contributed by atoms with E-state index in [-0.39, 0.29) is 12.0 Å². The number of anilines is 1. The number of carbonyl (C=O) groups is 1.